The second kappa shape index (κ2) is 4.92. The lowest BCUT2D eigenvalue weighted by Crippen LogP contribution is -2.12. The molecular weight excluding hydrogens is 226 g/mol. The lowest BCUT2D eigenvalue weighted by atomic mass is 10.1. The molecule has 0 bridgehead atoms. The molecule has 2 rings (SSSR count). The molecule has 0 aliphatic rings. The lowest BCUT2D eigenvalue weighted by Gasteiger charge is -2.07. The van der Waals surface area contributed by atoms with Crippen molar-refractivity contribution in [1.29, 1.82) is 0 Å². The van der Waals surface area contributed by atoms with E-state index < -0.39 is 0 Å². The van der Waals surface area contributed by atoms with Crippen molar-refractivity contribution in [2.75, 3.05) is 5.32 Å². The highest BCUT2D eigenvalue weighted by molar-refractivity contribution is 6.04. The zero-order chi connectivity index (χ0) is 13.1. The van der Waals surface area contributed by atoms with Gasteiger partial charge in [0.25, 0.3) is 5.91 Å². The minimum Gasteiger partial charge on any atom is -0.508 e. The van der Waals surface area contributed by atoms with Gasteiger partial charge in [0.05, 0.1) is 0 Å². The largest absolute Gasteiger partial charge is 0.508 e. The van der Waals surface area contributed by atoms with Crippen LogP contribution in [0.15, 0.2) is 42.5 Å². The first-order valence-electron chi connectivity index (χ1n) is 5.73. The van der Waals surface area contributed by atoms with Crippen LogP contribution < -0.4 is 5.32 Å². The molecule has 0 aromatic heterocycles. The van der Waals surface area contributed by atoms with E-state index >= 15 is 0 Å². The van der Waals surface area contributed by atoms with Gasteiger partial charge in [0.1, 0.15) is 5.75 Å². The Labute approximate surface area is 106 Å². The van der Waals surface area contributed by atoms with Gasteiger partial charge >= 0.3 is 0 Å². The molecule has 2 aromatic rings. The van der Waals surface area contributed by atoms with Crippen molar-refractivity contribution in [1.82, 2.24) is 0 Å². The maximum absolute atomic E-state index is 12.0. The molecule has 0 atom stereocenters. The number of benzene rings is 2. The molecule has 0 spiro atoms. The smallest absolute Gasteiger partial charge is 0.255 e. The number of aryl methyl sites for hydroxylation is 2. The monoisotopic (exact) mass is 241 g/mol. The fourth-order valence-corrected chi connectivity index (χ4v) is 1.85. The van der Waals surface area contributed by atoms with E-state index in [1.54, 1.807) is 12.1 Å². The van der Waals surface area contributed by atoms with Gasteiger partial charge in [0.2, 0.25) is 0 Å². The first-order chi connectivity index (χ1) is 8.54. The maximum Gasteiger partial charge on any atom is 0.255 e. The first-order valence-corrected chi connectivity index (χ1v) is 5.73. The molecule has 0 saturated heterocycles. The van der Waals surface area contributed by atoms with E-state index in [-0.39, 0.29) is 11.7 Å². The molecule has 0 saturated carbocycles. The Balaban J connectivity index is 2.19. The van der Waals surface area contributed by atoms with Gasteiger partial charge < -0.3 is 10.4 Å². The van der Waals surface area contributed by atoms with Gasteiger partial charge in [-0.25, -0.2) is 0 Å². The normalized spacial score (nSPS) is 10.1. The summed E-state index contributed by atoms with van der Waals surface area (Å²) in [7, 11) is 0. The summed E-state index contributed by atoms with van der Waals surface area (Å²) in [6.45, 7) is 3.93. The van der Waals surface area contributed by atoms with Crippen molar-refractivity contribution in [3.63, 3.8) is 0 Å². The van der Waals surface area contributed by atoms with Crippen molar-refractivity contribution in [2.45, 2.75) is 13.8 Å². The summed E-state index contributed by atoms with van der Waals surface area (Å²) in [4.78, 5) is 12.0. The zero-order valence-electron chi connectivity index (χ0n) is 10.4. The standard InChI is InChI=1S/C15H15NO2/c1-10-7-11(2)9-12(8-10)15(18)16-13-3-5-14(17)6-4-13/h3-9,17H,1-2H3,(H,16,18). The van der Waals surface area contributed by atoms with Crippen LogP contribution in [0.2, 0.25) is 0 Å². The third kappa shape index (κ3) is 2.88. The molecule has 18 heavy (non-hydrogen) atoms. The molecule has 2 aromatic carbocycles. The van der Waals surface area contributed by atoms with E-state index in [9.17, 15) is 4.79 Å². The molecule has 0 heterocycles. The SMILES string of the molecule is Cc1cc(C)cc(C(=O)Nc2ccc(O)cc2)c1. The molecular formula is C15H15NO2. The van der Waals surface area contributed by atoms with Crippen LogP contribution in [-0.2, 0) is 0 Å². The number of rotatable bonds is 2. The topological polar surface area (TPSA) is 49.3 Å². The van der Waals surface area contributed by atoms with Gasteiger partial charge in [-0.1, -0.05) is 17.2 Å². The molecule has 92 valence electrons. The number of carbonyl (C=O) groups is 1. The first kappa shape index (κ1) is 12.2. The predicted molar refractivity (Wildman–Crippen MR) is 72.0 cm³/mol. The van der Waals surface area contributed by atoms with Crippen LogP contribution in [0.25, 0.3) is 0 Å². The van der Waals surface area contributed by atoms with E-state index in [4.69, 9.17) is 5.11 Å². The molecule has 0 fully saturated rings. The van der Waals surface area contributed by atoms with Gasteiger partial charge in [-0.3, -0.25) is 4.79 Å². The molecule has 3 heteroatoms. The van der Waals surface area contributed by atoms with Crippen LogP contribution in [0.1, 0.15) is 21.5 Å². The fraction of sp³-hybridized carbons (Fsp3) is 0.133. The fourth-order valence-electron chi connectivity index (χ4n) is 1.85. The van der Waals surface area contributed by atoms with Crippen molar-refractivity contribution in [3.05, 3.63) is 59.2 Å². The number of aromatic hydroxyl groups is 1. The summed E-state index contributed by atoms with van der Waals surface area (Å²) in [5.41, 5.74) is 3.43. The number of nitrogens with one attached hydrogen (secondary N) is 1. The van der Waals surface area contributed by atoms with Crippen molar-refractivity contribution in [2.24, 2.45) is 0 Å². The maximum atomic E-state index is 12.0. The van der Waals surface area contributed by atoms with Crippen molar-refractivity contribution in [3.8, 4) is 5.75 Å². The summed E-state index contributed by atoms with van der Waals surface area (Å²) in [5.74, 6) is 0.0342. The molecule has 0 unspecified atom stereocenters. The summed E-state index contributed by atoms with van der Waals surface area (Å²) >= 11 is 0. The van der Waals surface area contributed by atoms with Crippen molar-refractivity contribution >= 4 is 11.6 Å². The Kier molecular flexibility index (Phi) is 3.33. The van der Waals surface area contributed by atoms with Gasteiger partial charge in [0.15, 0.2) is 0 Å². The number of carbonyl (C=O) groups excluding carboxylic acids is 1. The summed E-state index contributed by atoms with van der Waals surface area (Å²) in [6.07, 6.45) is 0. The van der Waals surface area contributed by atoms with Crippen LogP contribution in [0.4, 0.5) is 5.69 Å². The molecule has 0 aliphatic heterocycles. The lowest BCUT2D eigenvalue weighted by molar-refractivity contribution is 0.102. The van der Waals surface area contributed by atoms with Gasteiger partial charge in [-0.2, -0.15) is 0 Å². The number of anilines is 1. The Morgan fingerprint density at radius 2 is 1.56 bits per heavy atom. The van der Waals surface area contributed by atoms with Gasteiger partial charge in [-0.05, 0) is 50.2 Å². The highest BCUT2D eigenvalue weighted by atomic mass is 16.3. The number of phenolic OH excluding ortho intramolecular Hbond substituents is 1. The molecule has 1 amide bonds. The quantitative estimate of drug-likeness (QED) is 0.793. The van der Waals surface area contributed by atoms with Gasteiger partial charge in [-0.15, -0.1) is 0 Å². The minimum absolute atomic E-state index is 0.146. The summed E-state index contributed by atoms with van der Waals surface area (Å²) < 4.78 is 0. The molecule has 3 nitrogen and oxygen atoms in total. The van der Waals surface area contributed by atoms with E-state index in [0.717, 1.165) is 11.1 Å². The van der Waals surface area contributed by atoms with E-state index in [1.165, 1.54) is 12.1 Å². The van der Waals surface area contributed by atoms with Crippen molar-refractivity contribution < 1.29 is 9.90 Å². The highest BCUT2D eigenvalue weighted by Crippen LogP contribution is 2.16. The minimum atomic E-state index is -0.146. The number of phenols is 1. The Bertz CT molecular complexity index is 553. The third-order valence-electron chi connectivity index (χ3n) is 2.61. The molecule has 0 radical (unpaired) electrons. The van der Waals surface area contributed by atoms with E-state index in [2.05, 4.69) is 5.32 Å². The van der Waals surface area contributed by atoms with Crippen LogP contribution >= 0.6 is 0 Å². The summed E-state index contributed by atoms with van der Waals surface area (Å²) in [5, 5.41) is 12.0. The van der Waals surface area contributed by atoms with Crippen LogP contribution in [0.5, 0.6) is 5.75 Å². The summed E-state index contributed by atoms with van der Waals surface area (Å²) in [6, 6.07) is 12.1. The third-order valence-corrected chi connectivity index (χ3v) is 2.61. The van der Waals surface area contributed by atoms with Gasteiger partial charge in [0, 0.05) is 11.3 Å². The average Bonchev–Trinajstić information content (AvgIpc) is 2.31. The van der Waals surface area contributed by atoms with E-state index in [1.807, 2.05) is 32.0 Å². The van der Waals surface area contributed by atoms with E-state index in [0.29, 0.717) is 11.3 Å². The predicted octanol–water partition coefficient (Wildman–Crippen LogP) is 3.26. The zero-order valence-corrected chi connectivity index (χ0v) is 10.4. The number of amides is 1. The number of hydrogen-bond donors (Lipinski definition) is 2. The Morgan fingerprint density at radius 1 is 1.00 bits per heavy atom. The average molecular weight is 241 g/mol. The van der Waals surface area contributed by atoms with Crippen LogP contribution in [0, 0.1) is 13.8 Å². The second-order valence-corrected chi connectivity index (χ2v) is 4.38. The second-order valence-electron chi connectivity index (χ2n) is 4.38. The number of hydrogen-bond acceptors (Lipinski definition) is 2. The molecule has 2 N–H and O–H groups in total. The molecule has 0 aliphatic carbocycles. The van der Waals surface area contributed by atoms with Crippen LogP contribution in [0.3, 0.4) is 0 Å². The Morgan fingerprint density at radius 3 is 2.11 bits per heavy atom. The Hall–Kier alpha value is -2.29. The highest BCUT2D eigenvalue weighted by Gasteiger charge is 2.07. The van der Waals surface area contributed by atoms with Crippen LogP contribution in [-0.4, -0.2) is 11.0 Å².